The van der Waals surface area contributed by atoms with Gasteiger partial charge in [-0.05, 0) is 43.2 Å². The Morgan fingerprint density at radius 3 is 3.05 bits per heavy atom. The number of hydrogen-bond donors (Lipinski definition) is 1. The normalized spacial score (nSPS) is 32.6. The Kier molecular flexibility index (Phi) is 2.94. The van der Waals surface area contributed by atoms with Crippen molar-refractivity contribution < 1.29 is 13.9 Å². The quantitative estimate of drug-likeness (QED) is 0.661. The molecule has 1 aromatic rings. The summed E-state index contributed by atoms with van der Waals surface area (Å²) in [6.45, 7) is 0. The molecule has 0 aromatic carbocycles. The zero-order chi connectivity index (χ0) is 13.6. The van der Waals surface area contributed by atoms with Gasteiger partial charge in [-0.1, -0.05) is 0 Å². The summed E-state index contributed by atoms with van der Waals surface area (Å²) >= 11 is 5.54. The summed E-state index contributed by atoms with van der Waals surface area (Å²) in [4.78, 5) is 19.0. The van der Waals surface area contributed by atoms with Gasteiger partial charge in [-0.25, -0.2) is 4.98 Å². The molecule has 0 amide bonds. The number of carbonyl (C=O) groups excluding carboxylic acids is 1. The summed E-state index contributed by atoms with van der Waals surface area (Å²) in [6.07, 6.45) is 4.08. The molecule has 1 aromatic heterocycles. The minimum absolute atomic E-state index is 0.162. The Balaban J connectivity index is 1.69. The van der Waals surface area contributed by atoms with Gasteiger partial charge in [0.1, 0.15) is 0 Å². The zero-order valence-corrected chi connectivity index (χ0v) is 10.9. The van der Waals surface area contributed by atoms with Gasteiger partial charge in [0.15, 0.2) is 0 Å². The smallest absolute Gasteiger partial charge is 0.315 e. The molecular formula is C12H13ClFN3O2. The van der Waals surface area contributed by atoms with Crippen molar-refractivity contribution in [2.24, 2.45) is 17.6 Å². The number of nitrogens with zero attached hydrogens (tertiary/aromatic N) is 2. The molecular weight excluding hydrogens is 273 g/mol. The van der Waals surface area contributed by atoms with Crippen LogP contribution in [0.2, 0.25) is 5.28 Å². The first kappa shape index (κ1) is 12.7. The van der Waals surface area contributed by atoms with Crippen molar-refractivity contribution in [1.82, 2.24) is 9.97 Å². The van der Waals surface area contributed by atoms with E-state index in [0.717, 1.165) is 25.5 Å². The lowest BCUT2D eigenvalue weighted by molar-refractivity contribution is -0.140. The number of nitrogens with two attached hydrogens (primary N) is 1. The number of halogens is 2. The summed E-state index contributed by atoms with van der Waals surface area (Å²) < 4.78 is 18.3. The molecule has 2 N–H and O–H groups in total. The molecule has 0 bridgehead atoms. The highest BCUT2D eigenvalue weighted by Gasteiger charge is 2.55. The van der Waals surface area contributed by atoms with Crippen LogP contribution in [0.3, 0.4) is 0 Å². The third-order valence-corrected chi connectivity index (χ3v) is 4.16. The maximum absolute atomic E-state index is 13.4. The predicted molar refractivity (Wildman–Crippen MR) is 65.0 cm³/mol. The minimum atomic E-state index is -0.805. The average molecular weight is 286 g/mol. The van der Waals surface area contributed by atoms with Crippen LogP contribution in [0.25, 0.3) is 0 Å². The molecule has 1 heterocycles. The van der Waals surface area contributed by atoms with Gasteiger partial charge in [-0.2, -0.15) is 9.37 Å². The second-order valence-electron chi connectivity index (χ2n) is 5.33. The van der Waals surface area contributed by atoms with E-state index in [1.54, 1.807) is 0 Å². The van der Waals surface area contributed by atoms with Crippen molar-refractivity contribution >= 4 is 17.6 Å². The molecule has 19 heavy (non-hydrogen) atoms. The molecule has 3 unspecified atom stereocenters. The molecule has 0 saturated heterocycles. The van der Waals surface area contributed by atoms with Gasteiger partial charge in [-0.3, -0.25) is 4.79 Å². The number of fused-ring (bicyclic) bond motifs is 1. The van der Waals surface area contributed by atoms with Crippen molar-refractivity contribution in [3.05, 3.63) is 17.3 Å². The van der Waals surface area contributed by atoms with Crippen molar-refractivity contribution in [2.75, 3.05) is 0 Å². The Hall–Kier alpha value is -1.27. The zero-order valence-electron chi connectivity index (χ0n) is 10.1. The van der Waals surface area contributed by atoms with Gasteiger partial charge in [0.2, 0.25) is 11.1 Å². The summed E-state index contributed by atoms with van der Waals surface area (Å²) in [6, 6.07) is 0. The molecule has 5 nitrogen and oxygen atoms in total. The molecule has 3 atom stereocenters. The van der Waals surface area contributed by atoms with E-state index in [2.05, 4.69) is 9.97 Å². The van der Waals surface area contributed by atoms with Gasteiger partial charge in [-0.15, -0.1) is 0 Å². The van der Waals surface area contributed by atoms with E-state index in [9.17, 15) is 9.18 Å². The van der Waals surface area contributed by atoms with Gasteiger partial charge in [0.25, 0.3) is 5.88 Å². The predicted octanol–water partition coefficient (Wildman–Crippen LogP) is 1.69. The van der Waals surface area contributed by atoms with Crippen LogP contribution >= 0.6 is 11.6 Å². The summed E-state index contributed by atoms with van der Waals surface area (Å²) in [5, 5.41) is -0.162. The van der Waals surface area contributed by atoms with Crippen LogP contribution < -0.4 is 10.5 Å². The number of carbonyl (C=O) groups is 1. The van der Waals surface area contributed by atoms with Crippen LogP contribution in [0.15, 0.2) is 6.20 Å². The third-order valence-electron chi connectivity index (χ3n) is 3.98. The van der Waals surface area contributed by atoms with Crippen molar-refractivity contribution in [3.8, 4) is 5.88 Å². The second-order valence-corrected chi connectivity index (χ2v) is 5.66. The molecule has 2 aliphatic rings. The standard InChI is InChI=1S/C12H13ClFN3O2/c13-11-16-5-8(14)9(17-11)19-10(18)6-1-2-7-4-12(7,15)3-6/h5-7H,1-4,15H2. The van der Waals surface area contributed by atoms with Crippen LogP contribution in [-0.2, 0) is 4.79 Å². The van der Waals surface area contributed by atoms with Gasteiger partial charge < -0.3 is 10.5 Å². The molecule has 0 radical (unpaired) electrons. The van der Waals surface area contributed by atoms with E-state index in [1.165, 1.54) is 0 Å². The van der Waals surface area contributed by atoms with E-state index >= 15 is 0 Å². The minimum Gasteiger partial charge on any atom is -0.404 e. The molecule has 0 aliphatic heterocycles. The van der Waals surface area contributed by atoms with Crippen LogP contribution in [-0.4, -0.2) is 21.5 Å². The lowest BCUT2D eigenvalue weighted by Crippen LogP contribution is -2.36. The number of esters is 1. The Bertz CT molecular complexity index is 542. The topological polar surface area (TPSA) is 78.1 Å². The van der Waals surface area contributed by atoms with Crippen LogP contribution in [0, 0.1) is 17.7 Å². The lowest BCUT2D eigenvalue weighted by Gasteiger charge is -2.24. The fourth-order valence-electron chi connectivity index (χ4n) is 2.79. The van der Waals surface area contributed by atoms with E-state index in [0.29, 0.717) is 12.3 Å². The fourth-order valence-corrected chi connectivity index (χ4v) is 2.91. The highest BCUT2D eigenvalue weighted by molar-refractivity contribution is 6.28. The van der Waals surface area contributed by atoms with Crippen molar-refractivity contribution in [3.63, 3.8) is 0 Å². The highest BCUT2D eigenvalue weighted by Crippen LogP contribution is 2.53. The first-order valence-corrected chi connectivity index (χ1v) is 6.54. The van der Waals surface area contributed by atoms with E-state index < -0.39 is 17.7 Å². The molecule has 2 saturated carbocycles. The Labute approximate surface area is 114 Å². The maximum atomic E-state index is 13.4. The number of aromatic nitrogens is 2. The number of rotatable bonds is 2. The average Bonchev–Trinajstić information content (AvgIpc) is 3.04. The van der Waals surface area contributed by atoms with Crippen LogP contribution in [0.1, 0.15) is 25.7 Å². The summed E-state index contributed by atoms with van der Waals surface area (Å²) in [5.74, 6) is -1.49. The first-order valence-electron chi connectivity index (χ1n) is 6.16. The van der Waals surface area contributed by atoms with E-state index in [1.807, 2.05) is 0 Å². The van der Waals surface area contributed by atoms with Crippen LogP contribution in [0.5, 0.6) is 5.88 Å². The fraction of sp³-hybridized carbons (Fsp3) is 0.583. The number of ether oxygens (including phenoxy) is 1. The summed E-state index contributed by atoms with van der Waals surface area (Å²) in [7, 11) is 0. The van der Waals surface area contributed by atoms with E-state index in [4.69, 9.17) is 22.1 Å². The molecule has 2 aliphatic carbocycles. The summed E-state index contributed by atoms with van der Waals surface area (Å²) in [5.41, 5.74) is 5.88. The Morgan fingerprint density at radius 1 is 1.53 bits per heavy atom. The van der Waals surface area contributed by atoms with Gasteiger partial charge in [0, 0.05) is 5.54 Å². The maximum Gasteiger partial charge on any atom is 0.315 e. The van der Waals surface area contributed by atoms with Crippen LogP contribution in [0.4, 0.5) is 4.39 Å². The van der Waals surface area contributed by atoms with Crippen molar-refractivity contribution in [2.45, 2.75) is 31.2 Å². The second kappa shape index (κ2) is 4.38. The molecule has 3 rings (SSSR count). The highest BCUT2D eigenvalue weighted by atomic mass is 35.5. The lowest BCUT2D eigenvalue weighted by atomic mass is 9.86. The first-order chi connectivity index (χ1) is 8.98. The molecule has 102 valence electrons. The molecule has 0 spiro atoms. The monoisotopic (exact) mass is 285 g/mol. The largest absolute Gasteiger partial charge is 0.404 e. The Morgan fingerprint density at radius 2 is 2.32 bits per heavy atom. The van der Waals surface area contributed by atoms with E-state index in [-0.39, 0.29) is 16.7 Å². The number of hydrogen-bond acceptors (Lipinski definition) is 5. The molecule has 7 heteroatoms. The van der Waals surface area contributed by atoms with Crippen molar-refractivity contribution in [1.29, 1.82) is 0 Å². The third kappa shape index (κ3) is 2.42. The molecule has 2 fully saturated rings. The van der Waals surface area contributed by atoms with Gasteiger partial charge >= 0.3 is 5.97 Å². The van der Waals surface area contributed by atoms with Gasteiger partial charge in [0.05, 0.1) is 12.1 Å². The SMILES string of the molecule is NC12CC(C(=O)Oc3nc(Cl)ncc3F)CCC1C2.